The van der Waals surface area contributed by atoms with Gasteiger partial charge in [0.05, 0.1) is 7.11 Å². The number of nitrogens with zero attached hydrogens (tertiary/aromatic N) is 4. The van der Waals surface area contributed by atoms with Crippen molar-refractivity contribution in [2.24, 2.45) is 12.0 Å². The first-order valence-corrected chi connectivity index (χ1v) is 10.6. The van der Waals surface area contributed by atoms with Crippen LogP contribution in [0.4, 0.5) is 0 Å². The lowest BCUT2D eigenvalue weighted by Gasteiger charge is -2.25. The zero-order valence-corrected chi connectivity index (χ0v) is 18.2. The Balaban J connectivity index is 1.62. The van der Waals surface area contributed by atoms with Gasteiger partial charge in [-0.15, -0.1) is 10.2 Å². The molecule has 29 heavy (non-hydrogen) atoms. The second-order valence-electron chi connectivity index (χ2n) is 7.85. The van der Waals surface area contributed by atoms with Crippen LogP contribution in [0.2, 0.25) is 0 Å². The van der Waals surface area contributed by atoms with Gasteiger partial charge in [0.2, 0.25) is 0 Å². The Morgan fingerprint density at radius 2 is 2.00 bits per heavy atom. The van der Waals surface area contributed by atoms with E-state index in [2.05, 4.69) is 46.0 Å². The number of hydrogen-bond acceptors (Lipinski definition) is 4. The van der Waals surface area contributed by atoms with Crippen LogP contribution < -0.4 is 15.4 Å². The van der Waals surface area contributed by atoms with Gasteiger partial charge in [0, 0.05) is 19.6 Å². The summed E-state index contributed by atoms with van der Waals surface area (Å²) >= 11 is 0. The number of hydrogen-bond donors (Lipinski definition) is 2. The van der Waals surface area contributed by atoms with Crippen molar-refractivity contribution < 1.29 is 4.74 Å². The molecule has 0 atom stereocenters. The van der Waals surface area contributed by atoms with Crippen molar-refractivity contribution in [2.45, 2.75) is 65.0 Å². The molecule has 1 aromatic carbocycles. The molecule has 1 fully saturated rings. The second kappa shape index (κ2) is 10.3. The van der Waals surface area contributed by atoms with Crippen molar-refractivity contribution in [3.8, 4) is 5.75 Å². The average molecular weight is 399 g/mol. The van der Waals surface area contributed by atoms with Gasteiger partial charge in [0.1, 0.15) is 18.1 Å². The predicted molar refractivity (Wildman–Crippen MR) is 116 cm³/mol. The van der Waals surface area contributed by atoms with E-state index in [9.17, 15) is 0 Å². The number of nitrogens with one attached hydrogen (secondary N) is 2. The fourth-order valence-electron chi connectivity index (χ4n) is 3.68. The van der Waals surface area contributed by atoms with E-state index in [1.54, 1.807) is 7.11 Å². The lowest BCUT2D eigenvalue weighted by atomic mass is 9.96. The monoisotopic (exact) mass is 398 g/mol. The van der Waals surface area contributed by atoms with Crippen molar-refractivity contribution >= 4 is 5.96 Å². The molecule has 158 valence electrons. The maximum absolute atomic E-state index is 5.44. The minimum atomic E-state index is 0.496. The smallest absolute Gasteiger partial charge is 0.191 e. The van der Waals surface area contributed by atoms with Gasteiger partial charge < -0.3 is 19.9 Å². The topological polar surface area (TPSA) is 76.4 Å². The zero-order chi connectivity index (χ0) is 20.6. The Morgan fingerprint density at radius 1 is 1.21 bits per heavy atom. The fraction of sp³-hybridized carbons (Fsp3) is 0.591. The molecule has 1 aliphatic carbocycles. The highest BCUT2D eigenvalue weighted by Gasteiger charge is 2.15. The van der Waals surface area contributed by atoms with Crippen LogP contribution in [0.5, 0.6) is 5.75 Å². The van der Waals surface area contributed by atoms with E-state index < -0.39 is 0 Å². The quantitative estimate of drug-likeness (QED) is 0.554. The molecule has 1 heterocycles. The first kappa shape index (κ1) is 21.1. The van der Waals surface area contributed by atoms with Gasteiger partial charge in [-0.3, -0.25) is 0 Å². The highest BCUT2D eigenvalue weighted by Crippen LogP contribution is 2.19. The molecule has 0 unspecified atom stereocenters. The molecule has 0 amide bonds. The van der Waals surface area contributed by atoms with Gasteiger partial charge in [0.25, 0.3) is 0 Å². The van der Waals surface area contributed by atoms with Gasteiger partial charge >= 0.3 is 0 Å². The van der Waals surface area contributed by atoms with Crippen LogP contribution in [-0.4, -0.2) is 40.4 Å². The van der Waals surface area contributed by atoms with Crippen LogP contribution in [0.25, 0.3) is 0 Å². The second-order valence-corrected chi connectivity index (χ2v) is 7.85. The van der Waals surface area contributed by atoms with Crippen LogP contribution in [-0.2, 0) is 20.0 Å². The predicted octanol–water partition coefficient (Wildman–Crippen LogP) is 3.05. The molecular weight excluding hydrogens is 364 g/mol. The molecule has 1 saturated carbocycles. The molecule has 1 aromatic heterocycles. The maximum Gasteiger partial charge on any atom is 0.191 e. The molecule has 0 radical (unpaired) electrons. The summed E-state index contributed by atoms with van der Waals surface area (Å²) in [6.07, 6.45) is 7.24. The Morgan fingerprint density at radius 3 is 2.69 bits per heavy atom. The third-order valence-corrected chi connectivity index (χ3v) is 5.69. The zero-order valence-electron chi connectivity index (χ0n) is 18.2. The lowest BCUT2D eigenvalue weighted by Crippen LogP contribution is -2.44. The van der Waals surface area contributed by atoms with Crippen molar-refractivity contribution in [3.05, 3.63) is 41.0 Å². The van der Waals surface area contributed by atoms with Crippen LogP contribution in [0.1, 0.15) is 54.9 Å². The number of methoxy groups -OCH3 is 1. The highest BCUT2D eigenvalue weighted by atomic mass is 16.5. The number of benzene rings is 1. The third-order valence-electron chi connectivity index (χ3n) is 5.69. The van der Waals surface area contributed by atoms with E-state index in [0.29, 0.717) is 12.6 Å². The van der Waals surface area contributed by atoms with Crippen LogP contribution in [0, 0.1) is 13.8 Å². The van der Waals surface area contributed by atoms with Crippen LogP contribution in [0.15, 0.2) is 23.2 Å². The van der Waals surface area contributed by atoms with Gasteiger partial charge in [-0.1, -0.05) is 31.4 Å². The molecule has 0 bridgehead atoms. The lowest BCUT2D eigenvalue weighted by molar-refractivity contribution is 0.409. The number of guanidine groups is 1. The average Bonchev–Trinajstić information content (AvgIpc) is 3.06. The third kappa shape index (κ3) is 5.95. The number of rotatable bonds is 7. The van der Waals surface area contributed by atoms with E-state index in [1.165, 1.54) is 37.7 Å². The molecule has 1 aliphatic rings. The van der Waals surface area contributed by atoms with E-state index in [-0.39, 0.29) is 0 Å². The summed E-state index contributed by atoms with van der Waals surface area (Å²) in [5.74, 6) is 3.57. The van der Waals surface area contributed by atoms with E-state index >= 15 is 0 Å². The van der Waals surface area contributed by atoms with E-state index in [0.717, 1.165) is 41.9 Å². The summed E-state index contributed by atoms with van der Waals surface area (Å²) in [6, 6.07) is 6.88. The molecule has 3 rings (SSSR count). The molecular formula is C22H34N6O. The molecule has 0 saturated heterocycles. The van der Waals surface area contributed by atoms with Crippen molar-refractivity contribution in [3.63, 3.8) is 0 Å². The summed E-state index contributed by atoms with van der Waals surface area (Å²) in [5, 5.41) is 15.5. The van der Waals surface area contributed by atoms with Gasteiger partial charge in [-0.25, -0.2) is 4.99 Å². The molecule has 7 nitrogen and oxygen atoms in total. The summed E-state index contributed by atoms with van der Waals surface area (Å²) < 4.78 is 7.43. The number of ether oxygens (including phenoxy) is 1. The molecule has 2 aromatic rings. The Labute approximate surface area is 174 Å². The SMILES string of the molecule is COc1cc(CCNC(=NCc2nnc(C)n2C)NC2CCCCC2)ccc1C. The fourth-order valence-corrected chi connectivity index (χ4v) is 3.68. The maximum atomic E-state index is 5.44. The Bertz CT molecular complexity index is 823. The van der Waals surface area contributed by atoms with E-state index in [1.807, 2.05) is 18.5 Å². The Kier molecular flexibility index (Phi) is 7.49. The molecule has 7 heteroatoms. The molecule has 0 spiro atoms. The summed E-state index contributed by atoms with van der Waals surface area (Å²) in [4.78, 5) is 4.79. The minimum Gasteiger partial charge on any atom is -0.496 e. The first-order valence-electron chi connectivity index (χ1n) is 10.6. The largest absolute Gasteiger partial charge is 0.496 e. The minimum absolute atomic E-state index is 0.496. The standard InChI is InChI=1S/C22H34N6O/c1-16-10-11-18(14-20(16)29-4)12-13-23-22(25-19-8-6-5-7-9-19)24-15-21-27-26-17(2)28(21)3/h10-11,14,19H,5-9,12-13,15H2,1-4H3,(H2,23,24,25). The van der Waals surface area contributed by atoms with Crippen molar-refractivity contribution in [2.75, 3.05) is 13.7 Å². The molecule has 2 N–H and O–H groups in total. The number of aliphatic imine (C=N–C) groups is 1. The first-order chi connectivity index (χ1) is 14.1. The Hall–Kier alpha value is -2.57. The summed E-state index contributed by atoms with van der Waals surface area (Å²) in [6.45, 7) is 5.34. The van der Waals surface area contributed by atoms with Crippen LogP contribution in [0.3, 0.4) is 0 Å². The van der Waals surface area contributed by atoms with Gasteiger partial charge in [-0.2, -0.15) is 0 Å². The summed E-state index contributed by atoms with van der Waals surface area (Å²) in [5.41, 5.74) is 2.41. The van der Waals surface area contributed by atoms with Crippen LogP contribution >= 0.6 is 0 Å². The highest BCUT2D eigenvalue weighted by molar-refractivity contribution is 5.80. The van der Waals surface area contributed by atoms with Gasteiger partial charge in [-0.05, 0) is 50.3 Å². The summed E-state index contributed by atoms with van der Waals surface area (Å²) in [7, 11) is 3.70. The number of aromatic nitrogens is 3. The van der Waals surface area contributed by atoms with Crippen molar-refractivity contribution in [1.82, 2.24) is 25.4 Å². The van der Waals surface area contributed by atoms with Crippen molar-refractivity contribution in [1.29, 1.82) is 0 Å². The van der Waals surface area contributed by atoms with Gasteiger partial charge in [0.15, 0.2) is 11.8 Å². The normalized spacial score (nSPS) is 15.4. The molecule has 0 aliphatic heterocycles. The van der Waals surface area contributed by atoms with E-state index in [4.69, 9.17) is 9.73 Å². The number of aryl methyl sites for hydroxylation is 2.